The Morgan fingerprint density at radius 2 is 1.96 bits per heavy atom. The van der Waals surface area contributed by atoms with Crippen LogP contribution >= 0.6 is 15.9 Å². The summed E-state index contributed by atoms with van der Waals surface area (Å²) in [5, 5.41) is 18.1. The van der Waals surface area contributed by atoms with Crippen molar-refractivity contribution in [2.75, 3.05) is 0 Å². The summed E-state index contributed by atoms with van der Waals surface area (Å²) in [6.45, 7) is 0.306. The van der Waals surface area contributed by atoms with Gasteiger partial charge < -0.3 is 9.84 Å². The second kappa shape index (κ2) is 7.76. The molecule has 0 fully saturated rings. The Bertz CT molecular complexity index is 998. The number of rotatable bonds is 5. The van der Waals surface area contributed by atoms with E-state index in [9.17, 15) is 4.79 Å². The van der Waals surface area contributed by atoms with E-state index in [1.165, 1.54) is 12.3 Å². The van der Waals surface area contributed by atoms with Gasteiger partial charge in [-0.05, 0) is 52.3 Å². The van der Waals surface area contributed by atoms with Gasteiger partial charge in [0.25, 0.3) is 0 Å². The molecule has 0 aliphatic rings. The Labute approximate surface area is 157 Å². The maximum absolute atomic E-state index is 11.0. The van der Waals surface area contributed by atoms with Gasteiger partial charge in [-0.3, -0.25) is 0 Å². The molecule has 0 atom stereocenters. The first kappa shape index (κ1) is 17.6. The van der Waals surface area contributed by atoms with E-state index in [4.69, 9.17) is 15.1 Å². The molecular weight excluding hydrogens is 398 g/mol. The summed E-state index contributed by atoms with van der Waals surface area (Å²) in [5.74, 6) is -0.128. The third-order valence-corrected chi connectivity index (χ3v) is 4.52. The zero-order valence-electron chi connectivity index (χ0n) is 13.4. The fourth-order valence-corrected chi connectivity index (χ4v) is 2.72. The summed E-state index contributed by atoms with van der Waals surface area (Å²) in [7, 11) is 0. The van der Waals surface area contributed by atoms with Crippen molar-refractivity contribution in [3.05, 3.63) is 76.0 Å². The molecule has 3 aromatic rings. The molecule has 2 aromatic carbocycles. The van der Waals surface area contributed by atoms with E-state index >= 15 is 0 Å². The molecule has 6 nitrogen and oxygen atoms in total. The van der Waals surface area contributed by atoms with Crippen molar-refractivity contribution in [2.45, 2.75) is 6.61 Å². The number of carbonyl (C=O) groups is 1. The minimum Gasteiger partial charge on any atom is -0.489 e. The zero-order chi connectivity index (χ0) is 18.5. The Balaban J connectivity index is 1.74. The molecule has 0 saturated carbocycles. The van der Waals surface area contributed by atoms with E-state index in [1.54, 1.807) is 36.4 Å². The highest BCUT2D eigenvalue weighted by Gasteiger charge is 2.09. The SMILES string of the molecule is N#Cc1cccc(COc2ccc(-c3nccc(C(=O)O)n3)cc2)c1Br. The largest absolute Gasteiger partial charge is 0.489 e. The monoisotopic (exact) mass is 409 g/mol. The van der Waals surface area contributed by atoms with Crippen LogP contribution < -0.4 is 4.74 Å². The Kier molecular flexibility index (Phi) is 5.25. The molecule has 0 spiro atoms. The van der Waals surface area contributed by atoms with Gasteiger partial charge in [0.15, 0.2) is 11.5 Å². The lowest BCUT2D eigenvalue weighted by Gasteiger charge is -2.09. The molecule has 0 radical (unpaired) electrons. The normalized spacial score (nSPS) is 10.2. The Hall–Kier alpha value is -3.24. The number of benzene rings is 2. The summed E-state index contributed by atoms with van der Waals surface area (Å²) in [6.07, 6.45) is 1.41. The molecule has 1 N–H and O–H groups in total. The van der Waals surface area contributed by atoms with Crippen molar-refractivity contribution >= 4 is 21.9 Å². The molecule has 0 amide bonds. The molecule has 128 valence electrons. The highest BCUT2D eigenvalue weighted by molar-refractivity contribution is 9.10. The predicted molar refractivity (Wildman–Crippen MR) is 97.6 cm³/mol. The number of carboxylic acids is 1. The molecule has 1 heterocycles. The summed E-state index contributed by atoms with van der Waals surface area (Å²) < 4.78 is 6.47. The number of nitriles is 1. The van der Waals surface area contributed by atoms with Crippen LogP contribution in [-0.4, -0.2) is 21.0 Å². The number of halogens is 1. The number of aromatic nitrogens is 2. The molecule has 0 aliphatic heterocycles. The second-order valence-corrected chi connectivity index (χ2v) is 6.07. The van der Waals surface area contributed by atoms with Crippen molar-refractivity contribution in [3.63, 3.8) is 0 Å². The van der Waals surface area contributed by atoms with Crippen molar-refractivity contribution in [1.29, 1.82) is 5.26 Å². The molecule has 0 bridgehead atoms. The molecule has 26 heavy (non-hydrogen) atoms. The van der Waals surface area contributed by atoms with Crippen LogP contribution in [0.3, 0.4) is 0 Å². The molecule has 7 heteroatoms. The van der Waals surface area contributed by atoms with Crippen molar-refractivity contribution < 1.29 is 14.6 Å². The first-order chi connectivity index (χ1) is 12.6. The lowest BCUT2D eigenvalue weighted by atomic mass is 10.1. The third-order valence-electron chi connectivity index (χ3n) is 3.58. The Morgan fingerprint density at radius 1 is 1.19 bits per heavy atom. The summed E-state index contributed by atoms with van der Waals surface area (Å²) in [4.78, 5) is 19.1. The van der Waals surface area contributed by atoms with Gasteiger partial charge in [-0.25, -0.2) is 14.8 Å². The number of ether oxygens (including phenoxy) is 1. The van der Waals surface area contributed by atoms with Gasteiger partial charge in [-0.1, -0.05) is 12.1 Å². The van der Waals surface area contributed by atoms with Gasteiger partial charge in [0.2, 0.25) is 0 Å². The standard InChI is InChI=1S/C19H12BrN3O3/c20-17-13(10-21)2-1-3-14(17)11-26-15-6-4-12(5-7-15)18-22-9-8-16(23-18)19(24)25/h1-9H,11H2,(H,24,25). The van der Waals surface area contributed by atoms with E-state index in [-0.39, 0.29) is 5.69 Å². The van der Waals surface area contributed by atoms with E-state index < -0.39 is 5.97 Å². The fraction of sp³-hybridized carbons (Fsp3) is 0.0526. The highest BCUT2D eigenvalue weighted by Crippen LogP contribution is 2.24. The molecule has 3 rings (SSSR count). The maximum atomic E-state index is 11.0. The average molecular weight is 410 g/mol. The van der Waals surface area contributed by atoms with Gasteiger partial charge >= 0.3 is 5.97 Å². The first-order valence-electron chi connectivity index (χ1n) is 7.55. The van der Waals surface area contributed by atoms with Crippen LogP contribution in [0, 0.1) is 11.3 Å². The van der Waals surface area contributed by atoms with Crippen molar-refractivity contribution in [3.8, 4) is 23.2 Å². The van der Waals surface area contributed by atoms with Gasteiger partial charge in [0.05, 0.1) is 5.56 Å². The van der Waals surface area contributed by atoms with Crippen LogP contribution in [0.5, 0.6) is 5.75 Å². The van der Waals surface area contributed by atoms with Gasteiger partial charge in [-0.15, -0.1) is 0 Å². The van der Waals surface area contributed by atoms with Crippen LogP contribution in [0.4, 0.5) is 0 Å². The lowest BCUT2D eigenvalue weighted by molar-refractivity contribution is 0.0690. The number of nitrogens with zero attached hydrogens (tertiary/aromatic N) is 3. The number of aromatic carboxylic acids is 1. The van der Waals surface area contributed by atoms with E-state index in [2.05, 4.69) is 32.0 Å². The molecule has 1 aromatic heterocycles. The van der Waals surface area contributed by atoms with E-state index in [0.29, 0.717) is 29.3 Å². The lowest BCUT2D eigenvalue weighted by Crippen LogP contribution is -2.02. The van der Waals surface area contributed by atoms with Crippen molar-refractivity contribution in [1.82, 2.24) is 9.97 Å². The molecule has 0 saturated heterocycles. The van der Waals surface area contributed by atoms with Crippen LogP contribution in [-0.2, 0) is 6.61 Å². The highest BCUT2D eigenvalue weighted by atomic mass is 79.9. The van der Waals surface area contributed by atoms with Gasteiger partial charge in [0, 0.05) is 21.8 Å². The quantitative estimate of drug-likeness (QED) is 0.682. The number of hydrogen-bond donors (Lipinski definition) is 1. The van der Waals surface area contributed by atoms with Crippen molar-refractivity contribution in [2.24, 2.45) is 0 Å². The number of carboxylic acid groups (broad SMARTS) is 1. The summed E-state index contributed by atoms with van der Waals surface area (Å²) >= 11 is 3.41. The van der Waals surface area contributed by atoms with Crippen LogP contribution in [0.15, 0.2) is 59.2 Å². The Morgan fingerprint density at radius 3 is 2.65 bits per heavy atom. The van der Waals surface area contributed by atoms with E-state index in [1.807, 2.05) is 6.07 Å². The molecule has 0 unspecified atom stereocenters. The first-order valence-corrected chi connectivity index (χ1v) is 8.35. The minimum atomic E-state index is -1.10. The number of hydrogen-bond acceptors (Lipinski definition) is 5. The van der Waals surface area contributed by atoms with Crippen LogP contribution in [0.2, 0.25) is 0 Å². The van der Waals surface area contributed by atoms with Gasteiger partial charge in [-0.2, -0.15) is 5.26 Å². The zero-order valence-corrected chi connectivity index (χ0v) is 15.0. The summed E-state index contributed by atoms with van der Waals surface area (Å²) in [5.41, 5.74) is 2.05. The van der Waals surface area contributed by atoms with Crippen LogP contribution in [0.25, 0.3) is 11.4 Å². The smallest absolute Gasteiger partial charge is 0.354 e. The third kappa shape index (κ3) is 3.87. The minimum absolute atomic E-state index is 0.0578. The fourth-order valence-electron chi connectivity index (χ4n) is 2.26. The van der Waals surface area contributed by atoms with E-state index in [0.717, 1.165) is 10.0 Å². The topological polar surface area (TPSA) is 96.1 Å². The predicted octanol–water partition coefficient (Wildman–Crippen LogP) is 4.05. The van der Waals surface area contributed by atoms with Crippen LogP contribution in [0.1, 0.15) is 21.6 Å². The van der Waals surface area contributed by atoms with Gasteiger partial charge in [0.1, 0.15) is 18.4 Å². The second-order valence-electron chi connectivity index (χ2n) is 5.27. The summed E-state index contributed by atoms with van der Waals surface area (Å²) in [6, 6.07) is 15.9. The molecule has 0 aliphatic carbocycles. The molecular formula is C19H12BrN3O3. The average Bonchev–Trinajstić information content (AvgIpc) is 2.67. The maximum Gasteiger partial charge on any atom is 0.354 e.